The van der Waals surface area contributed by atoms with Crippen LogP contribution in [0.1, 0.15) is 5.56 Å². The van der Waals surface area contributed by atoms with Crippen molar-refractivity contribution in [2.24, 2.45) is 0 Å². The van der Waals surface area contributed by atoms with Gasteiger partial charge in [-0.1, -0.05) is 30.3 Å². The highest BCUT2D eigenvalue weighted by Gasteiger charge is 2.08. The molecule has 0 aromatic heterocycles. The van der Waals surface area contributed by atoms with E-state index in [-0.39, 0.29) is 10.6 Å². The van der Waals surface area contributed by atoms with Crippen molar-refractivity contribution in [2.75, 3.05) is 24.2 Å². The molecule has 0 spiro atoms. The lowest BCUT2D eigenvalue weighted by Crippen LogP contribution is -2.05. The Labute approximate surface area is 117 Å². The molecule has 0 unspecified atom stereocenters. The summed E-state index contributed by atoms with van der Waals surface area (Å²) in [6.45, 7) is 0.730. The van der Waals surface area contributed by atoms with Crippen LogP contribution in [0.2, 0.25) is 0 Å². The van der Waals surface area contributed by atoms with Gasteiger partial charge in [0.2, 0.25) is 0 Å². The minimum atomic E-state index is -0.386. The number of hydrogen-bond acceptors (Lipinski definition) is 4. The Morgan fingerprint density at radius 2 is 1.80 bits per heavy atom. The molecule has 0 fully saturated rings. The van der Waals surface area contributed by atoms with Crippen molar-refractivity contribution in [3.63, 3.8) is 0 Å². The van der Waals surface area contributed by atoms with E-state index in [0.29, 0.717) is 0 Å². The van der Waals surface area contributed by atoms with Crippen LogP contribution in [-0.4, -0.2) is 18.5 Å². The van der Waals surface area contributed by atoms with Gasteiger partial charge in [-0.05, 0) is 18.1 Å². The molecule has 0 saturated heterocycles. The van der Waals surface area contributed by atoms with Gasteiger partial charge in [0.05, 0.1) is 4.92 Å². The second kappa shape index (κ2) is 6.56. The van der Waals surface area contributed by atoms with Crippen molar-refractivity contribution in [3.05, 3.63) is 64.2 Å². The van der Waals surface area contributed by atoms with Crippen LogP contribution in [0.25, 0.3) is 0 Å². The molecule has 5 nitrogen and oxygen atoms in total. The van der Waals surface area contributed by atoms with Crippen LogP contribution in [0.5, 0.6) is 0 Å². The molecule has 5 heteroatoms. The second-order valence-corrected chi connectivity index (χ2v) is 4.44. The molecule has 0 atom stereocenters. The van der Waals surface area contributed by atoms with Gasteiger partial charge >= 0.3 is 0 Å². The molecule has 0 saturated carbocycles. The number of non-ortho nitro benzene ring substituents is 1. The van der Waals surface area contributed by atoms with E-state index in [4.69, 9.17) is 0 Å². The molecule has 0 bridgehead atoms. The summed E-state index contributed by atoms with van der Waals surface area (Å²) in [6.07, 6.45) is 0.873. The molecule has 104 valence electrons. The predicted octanol–water partition coefficient (Wildman–Crippen LogP) is 3.29. The van der Waals surface area contributed by atoms with Crippen molar-refractivity contribution in [1.29, 1.82) is 0 Å². The summed E-state index contributed by atoms with van der Waals surface area (Å²) in [6, 6.07) is 15.0. The number of anilines is 2. The van der Waals surface area contributed by atoms with Crippen LogP contribution in [0, 0.1) is 10.1 Å². The van der Waals surface area contributed by atoms with E-state index in [1.165, 1.54) is 11.6 Å². The Morgan fingerprint density at radius 1 is 1.10 bits per heavy atom. The van der Waals surface area contributed by atoms with E-state index < -0.39 is 0 Å². The number of nitrogens with one attached hydrogen (secondary N) is 2. The van der Waals surface area contributed by atoms with Crippen molar-refractivity contribution >= 4 is 17.1 Å². The standard InChI is InChI=1S/C15H17N3O2/c1-16-13-9-14(11-15(10-13)18(19)20)17-8-7-12-5-3-2-4-6-12/h2-6,9-11,16-17H,7-8H2,1H3. The molecule has 0 aliphatic heterocycles. The maximum Gasteiger partial charge on any atom is 0.273 e. The highest BCUT2D eigenvalue weighted by molar-refractivity contribution is 5.63. The van der Waals surface area contributed by atoms with Gasteiger partial charge in [-0.25, -0.2) is 0 Å². The Hall–Kier alpha value is -2.56. The van der Waals surface area contributed by atoms with Crippen molar-refractivity contribution in [3.8, 4) is 0 Å². The quantitative estimate of drug-likeness (QED) is 0.625. The molecule has 0 radical (unpaired) electrons. The fraction of sp³-hybridized carbons (Fsp3) is 0.200. The molecule has 20 heavy (non-hydrogen) atoms. The van der Waals surface area contributed by atoms with Gasteiger partial charge in [0.15, 0.2) is 0 Å². The first kappa shape index (κ1) is 13.9. The lowest BCUT2D eigenvalue weighted by atomic mass is 10.1. The van der Waals surface area contributed by atoms with E-state index in [0.717, 1.165) is 24.3 Å². The largest absolute Gasteiger partial charge is 0.388 e. The topological polar surface area (TPSA) is 67.2 Å². The zero-order valence-electron chi connectivity index (χ0n) is 11.3. The number of nitrogens with zero attached hydrogens (tertiary/aromatic N) is 1. The second-order valence-electron chi connectivity index (χ2n) is 4.44. The van der Waals surface area contributed by atoms with Gasteiger partial charge in [0.25, 0.3) is 5.69 Å². The van der Waals surface area contributed by atoms with Gasteiger partial charge in [-0.2, -0.15) is 0 Å². The van der Waals surface area contributed by atoms with Crippen LogP contribution >= 0.6 is 0 Å². The fourth-order valence-electron chi connectivity index (χ4n) is 1.96. The van der Waals surface area contributed by atoms with E-state index >= 15 is 0 Å². The van der Waals surface area contributed by atoms with E-state index in [2.05, 4.69) is 22.8 Å². The zero-order valence-corrected chi connectivity index (χ0v) is 11.3. The minimum absolute atomic E-state index is 0.0825. The summed E-state index contributed by atoms with van der Waals surface area (Å²) >= 11 is 0. The zero-order chi connectivity index (χ0) is 14.4. The highest BCUT2D eigenvalue weighted by Crippen LogP contribution is 2.23. The number of nitro benzene ring substituents is 1. The van der Waals surface area contributed by atoms with Crippen LogP contribution in [0.3, 0.4) is 0 Å². The van der Waals surface area contributed by atoms with Gasteiger partial charge < -0.3 is 10.6 Å². The van der Waals surface area contributed by atoms with E-state index in [9.17, 15) is 10.1 Å². The average Bonchev–Trinajstić information content (AvgIpc) is 2.48. The van der Waals surface area contributed by atoms with E-state index in [1.54, 1.807) is 13.1 Å². The molecule has 0 aliphatic carbocycles. The van der Waals surface area contributed by atoms with Gasteiger partial charge in [-0.3, -0.25) is 10.1 Å². The molecule has 0 aliphatic rings. The molecule has 0 amide bonds. The Bertz CT molecular complexity index is 585. The molecule has 2 aromatic carbocycles. The molecule has 2 N–H and O–H groups in total. The molecule has 2 rings (SSSR count). The predicted molar refractivity (Wildman–Crippen MR) is 81.3 cm³/mol. The number of hydrogen-bond donors (Lipinski definition) is 2. The third-order valence-corrected chi connectivity index (χ3v) is 3.00. The third-order valence-electron chi connectivity index (χ3n) is 3.00. The number of rotatable bonds is 6. The maximum atomic E-state index is 10.9. The molecular weight excluding hydrogens is 254 g/mol. The summed E-state index contributed by atoms with van der Waals surface area (Å²) in [7, 11) is 1.74. The fourth-order valence-corrected chi connectivity index (χ4v) is 1.96. The smallest absolute Gasteiger partial charge is 0.273 e. The molecular formula is C15H17N3O2. The average molecular weight is 271 g/mol. The molecule has 0 heterocycles. The summed E-state index contributed by atoms with van der Waals surface area (Å²) in [5, 5.41) is 17.0. The summed E-state index contributed by atoms with van der Waals surface area (Å²) in [5.41, 5.74) is 2.79. The summed E-state index contributed by atoms with van der Waals surface area (Å²) in [5.74, 6) is 0. The Morgan fingerprint density at radius 3 is 2.45 bits per heavy atom. The number of benzene rings is 2. The molecule has 2 aromatic rings. The monoisotopic (exact) mass is 271 g/mol. The summed E-state index contributed by atoms with van der Waals surface area (Å²) in [4.78, 5) is 10.5. The van der Waals surface area contributed by atoms with E-state index in [1.807, 2.05) is 24.3 Å². The van der Waals surface area contributed by atoms with Gasteiger partial charge in [0.1, 0.15) is 0 Å². The first-order chi connectivity index (χ1) is 9.69. The van der Waals surface area contributed by atoms with Crippen molar-refractivity contribution in [2.45, 2.75) is 6.42 Å². The van der Waals surface area contributed by atoms with Crippen LogP contribution in [-0.2, 0) is 6.42 Å². The lowest BCUT2D eigenvalue weighted by molar-refractivity contribution is -0.384. The minimum Gasteiger partial charge on any atom is -0.388 e. The Kier molecular flexibility index (Phi) is 4.55. The Balaban J connectivity index is 2.02. The normalized spacial score (nSPS) is 10.1. The summed E-state index contributed by atoms with van der Waals surface area (Å²) < 4.78 is 0. The number of nitro groups is 1. The van der Waals surface area contributed by atoms with Gasteiger partial charge in [0, 0.05) is 37.1 Å². The first-order valence-electron chi connectivity index (χ1n) is 6.44. The van der Waals surface area contributed by atoms with Crippen LogP contribution in [0.4, 0.5) is 17.1 Å². The van der Waals surface area contributed by atoms with Crippen LogP contribution in [0.15, 0.2) is 48.5 Å². The van der Waals surface area contributed by atoms with Crippen molar-refractivity contribution < 1.29 is 4.92 Å². The first-order valence-corrected chi connectivity index (χ1v) is 6.44. The highest BCUT2D eigenvalue weighted by atomic mass is 16.6. The SMILES string of the molecule is CNc1cc(NCCc2ccccc2)cc([N+](=O)[O-])c1. The third kappa shape index (κ3) is 3.71. The lowest BCUT2D eigenvalue weighted by Gasteiger charge is -2.08. The van der Waals surface area contributed by atoms with Crippen molar-refractivity contribution in [1.82, 2.24) is 0 Å². The van der Waals surface area contributed by atoms with Gasteiger partial charge in [-0.15, -0.1) is 0 Å². The van der Waals surface area contributed by atoms with Crippen LogP contribution < -0.4 is 10.6 Å². The maximum absolute atomic E-state index is 10.9.